The summed E-state index contributed by atoms with van der Waals surface area (Å²) >= 11 is 0. The molecule has 3 aromatic rings. The summed E-state index contributed by atoms with van der Waals surface area (Å²) in [7, 11) is 0. The highest BCUT2D eigenvalue weighted by Gasteiger charge is 2.22. The van der Waals surface area contributed by atoms with Gasteiger partial charge in [0.2, 0.25) is 6.23 Å². The Labute approximate surface area is 135 Å². The Morgan fingerprint density at radius 3 is 2.57 bits per heavy atom. The molecular formula is C20H16N2O. The highest BCUT2D eigenvalue weighted by atomic mass is 16.7. The second kappa shape index (κ2) is 5.71. The summed E-state index contributed by atoms with van der Waals surface area (Å²) in [4.78, 5) is 10.5. The zero-order chi connectivity index (χ0) is 15.6. The summed E-state index contributed by atoms with van der Waals surface area (Å²) < 4.78 is 0. The zero-order valence-corrected chi connectivity index (χ0v) is 12.6. The first-order chi connectivity index (χ1) is 11.3. The Morgan fingerprint density at radius 1 is 0.957 bits per heavy atom. The molecule has 0 spiro atoms. The Balaban J connectivity index is 1.62. The van der Waals surface area contributed by atoms with E-state index in [1.54, 1.807) is 11.4 Å². The van der Waals surface area contributed by atoms with Gasteiger partial charge in [0.05, 0.1) is 5.69 Å². The van der Waals surface area contributed by atoms with E-state index in [0.29, 0.717) is 0 Å². The van der Waals surface area contributed by atoms with Gasteiger partial charge < -0.3 is 0 Å². The number of aliphatic imine (C=N–C) groups is 1. The van der Waals surface area contributed by atoms with Crippen molar-refractivity contribution in [2.45, 2.75) is 6.23 Å². The molecule has 112 valence electrons. The topological polar surface area (TPSA) is 24.8 Å². The van der Waals surface area contributed by atoms with Crippen molar-refractivity contribution >= 4 is 28.9 Å². The van der Waals surface area contributed by atoms with Gasteiger partial charge in [0.15, 0.2) is 0 Å². The lowest BCUT2D eigenvalue weighted by molar-refractivity contribution is 0.0880. The van der Waals surface area contributed by atoms with E-state index < -0.39 is 0 Å². The third kappa shape index (κ3) is 2.51. The van der Waals surface area contributed by atoms with Crippen LogP contribution in [-0.4, -0.2) is 6.34 Å². The molecule has 0 saturated carbocycles. The van der Waals surface area contributed by atoms with Crippen LogP contribution in [0, 0.1) is 0 Å². The van der Waals surface area contributed by atoms with Crippen molar-refractivity contribution in [3.05, 3.63) is 84.4 Å². The minimum absolute atomic E-state index is 0.312. The van der Waals surface area contributed by atoms with Crippen LogP contribution in [-0.2, 0) is 4.84 Å². The molecule has 3 nitrogen and oxygen atoms in total. The lowest BCUT2D eigenvalue weighted by atomic mass is 10.1. The molecule has 0 amide bonds. The van der Waals surface area contributed by atoms with Crippen LogP contribution < -0.4 is 5.06 Å². The van der Waals surface area contributed by atoms with Gasteiger partial charge in [0.1, 0.15) is 6.34 Å². The molecule has 3 aromatic carbocycles. The number of nitrogens with zero attached hydrogens (tertiary/aromatic N) is 2. The van der Waals surface area contributed by atoms with Gasteiger partial charge in [-0.15, -0.1) is 0 Å². The van der Waals surface area contributed by atoms with Crippen molar-refractivity contribution < 1.29 is 4.84 Å². The summed E-state index contributed by atoms with van der Waals surface area (Å²) in [5, 5.41) is 4.07. The van der Waals surface area contributed by atoms with Crippen molar-refractivity contribution in [3.8, 4) is 0 Å². The SMILES string of the molecule is C=Cc1ccc(C2N=CN(c3cccc4ccccc34)O2)cc1. The summed E-state index contributed by atoms with van der Waals surface area (Å²) in [6.07, 6.45) is 3.26. The summed E-state index contributed by atoms with van der Waals surface area (Å²) in [5.74, 6) is 0. The fourth-order valence-corrected chi connectivity index (χ4v) is 2.75. The Hall–Kier alpha value is -2.91. The summed E-state index contributed by atoms with van der Waals surface area (Å²) in [5.41, 5.74) is 3.10. The molecular weight excluding hydrogens is 284 g/mol. The lowest BCUT2D eigenvalue weighted by Crippen LogP contribution is -2.17. The number of benzene rings is 3. The molecule has 1 aliphatic rings. The average Bonchev–Trinajstić information content (AvgIpc) is 3.11. The van der Waals surface area contributed by atoms with Crippen LogP contribution in [0.2, 0.25) is 0 Å². The van der Waals surface area contributed by atoms with Gasteiger partial charge in [-0.3, -0.25) is 0 Å². The normalized spacial score (nSPS) is 16.9. The molecule has 1 aliphatic heterocycles. The molecule has 0 bridgehead atoms. The number of hydrogen-bond donors (Lipinski definition) is 0. The molecule has 4 rings (SSSR count). The minimum atomic E-state index is -0.312. The smallest absolute Gasteiger partial charge is 0.202 e. The van der Waals surface area contributed by atoms with Crippen LogP contribution in [0.3, 0.4) is 0 Å². The maximum absolute atomic E-state index is 6.00. The maximum Gasteiger partial charge on any atom is 0.202 e. The van der Waals surface area contributed by atoms with Crippen LogP contribution >= 0.6 is 0 Å². The molecule has 1 heterocycles. The molecule has 1 unspecified atom stereocenters. The van der Waals surface area contributed by atoms with Gasteiger partial charge in [-0.25, -0.2) is 14.9 Å². The number of hydrogen-bond acceptors (Lipinski definition) is 3. The van der Waals surface area contributed by atoms with Crippen molar-refractivity contribution in [1.82, 2.24) is 0 Å². The predicted molar refractivity (Wildman–Crippen MR) is 95.3 cm³/mol. The van der Waals surface area contributed by atoms with Crippen LogP contribution in [0.15, 0.2) is 78.3 Å². The average molecular weight is 300 g/mol. The third-order valence-corrected chi connectivity index (χ3v) is 3.98. The third-order valence-electron chi connectivity index (χ3n) is 3.98. The van der Waals surface area contributed by atoms with Gasteiger partial charge in [0.25, 0.3) is 0 Å². The first-order valence-electron chi connectivity index (χ1n) is 7.54. The first kappa shape index (κ1) is 13.7. The van der Waals surface area contributed by atoms with Crippen molar-refractivity contribution in [2.75, 3.05) is 5.06 Å². The largest absolute Gasteiger partial charge is 0.236 e. The Bertz CT molecular complexity index is 878. The number of anilines is 1. The molecule has 0 saturated heterocycles. The van der Waals surface area contributed by atoms with Crippen molar-refractivity contribution in [2.24, 2.45) is 4.99 Å². The number of hydroxylamine groups is 1. The van der Waals surface area contributed by atoms with Gasteiger partial charge in [0, 0.05) is 10.9 Å². The molecule has 0 radical (unpaired) electrons. The van der Waals surface area contributed by atoms with E-state index in [1.165, 1.54) is 5.39 Å². The van der Waals surface area contributed by atoms with Crippen LogP contribution in [0.25, 0.3) is 16.8 Å². The highest BCUT2D eigenvalue weighted by molar-refractivity contribution is 5.98. The van der Waals surface area contributed by atoms with E-state index in [2.05, 4.69) is 29.8 Å². The van der Waals surface area contributed by atoms with E-state index >= 15 is 0 Å². The Kier molecular flexibility index (Phi) is 3.41. The highest BCUT2D eigenvalue weighted by Crippen LogP contribution is 2.32. The fraction of sp³-hybridized carbons (Fsp3) is 0.0500. The van der Waals surface area contributed by atoms with Crippen molar-refractivity contribution in [1.29, 1.82) is 0 Å². The first-order valence-corrected chi connectivity index (χ1v) is 7.54. The van der Waals surface area contributed by atoms with E-state index in [1.807, 2.05) is 54.6 Å². The lowest BCUT2D eigenvalue weighted by Gasteiger charge is -2.18. The van der Waals surface area contributed by atoms with Crippen LogP contribution in [0.4, 0.5) is 5.69 Å². The van der Waals surface area contributed by atoms with Gasteiger partial charge in [-0.2, -0.15) is 0 Å². The fourth-order valence-electron chi connectivity index (χ4n) is 2.75. The molecule has 3 heteroatoms. The van der Waals surface area contributed by atoms with E-state index in [0.717, 1.165) is 22.2 Å². The van der Waals surface area contributed by atoms with Gasteiger partial charge in [-0.1, -0.05) is 73.3 Å². The van der Waals surface area contributed by atoms with Crippen molar-refractivity contribution in [3.63, 3.8) is 0 Å². The molecule has 0 fully saturated rings. The molecule has 0 aliphatic carbocycles. The quantitative estimate of drug-likeness (QED) is 0.683. The second-order valence-electron chi connectivity index (χ2n) is 5.42. The monoisotopic (exact) mass is 300 g/mol. The molecule has 0 N–H and O–H groups in total. The Morgan fingerprint density at radius 2 is 1.74 bits per heavy atom. The molecule has 1 atom stereocenters. The standard InChI is InChI=1S/C20H16N2O/c1-2-15-10-12-17(13-11-15)20-21-14-22(23-20)19-9-5-7-16-6-3-4-8-18(16)19/h2-14,20H,1H2. The second-order valence-corrected chi connectivity index (χ2v) is 5.42. The van der Waals surface area contributed by atoms with Gasteiger partial charge >= 0.3 is 0 Å². The number of rotatable bonds is 3. The predicted octanol–water partition coefficient (Wildman–Crippen LogP) is 4.96. The summed E-state index contributed by atoms with van der Waals surface area (Å²) in [6, 6.07) is 22.5. The minimum Gasteiger partial charge on any atom is -0.236 e. The van der Waals surface area contributed by atoms with E-state index in [4.69, 9.17) is 4.84 Å². The zero-order valence-electron chi connectivity index (χ0n) is 12.6. The maximum atomic E-state index is 6.00. The van der Waals surface area contributed by atoms with Gasteiger partial charge in [-0.05, 0) is 17.0 Å². The van der Waals surface area contributed by atoms with Crippen LogP contribution in [0.1, 0.15) is 17.4 Å². The van der Waals surface area contributed by atoms with E-state index in [9.17, 15) is 0 Å². The molecule has 23 heavy (non-hydrogen) atoms. The molecule has 0 aromatic heterocycles. The number of fused-ring (bicyclic) bond motifs is 1. The van der Waals surface area contributed by atoms with E-state index in [-0.39, 0.29) is 6.23 Å². The summed E-state index contributed by atoms with van der Waals surface area (Å²) in [6.45, 7) is 3.77. The van der Waals surface area contributed by atoms with Crippen LogP contribution in [0.5, 0.6) is 0 Å².